The van der Waals surface area contributed by atoms with Gasteiger partial charge in [-0.05, 0) is 18.1 Å². The maximum atomic E-state index is 8.85. The quantitative estimate of drug-likeness (QED) is 0.543. The molecule has 1 atom stereocenters. The predicted molar refractivity (Wildman–Crippen MR) is 70.1 cm³/mol. The molecular weight excluding hydrogens is 234 g/mol. The van der Waals surface area contributed by atoms with E-state index in [1.807, 2.05) is 0 Å². The topological polar surface area (TPSA) is 51.5 Å². The third-order valence-corrected chi connectivity index (χ3v) is 7.82. The highest BCUT2D eigenvalue weighted by Gasteiger charge is 2.40. The van der Waals surface area contributed by atoms with Gasteiger partial charge in [0.25, 0.3) is 0 Å². The van der Waals surface area contributed by atoms with Crippen molar-refractivity contribution >= 4 is 8.32 Å². The average molecular weight is 259 g/mol. The summed E-state index contributed by atoms with van der Waals surface area (Å²) in [5.74, 6) is 0. The van der Waals surface area contributed by atoms with E-state index in [9.17, 15) is 0 Å². The van der Waals surface area contributed by atoms with Crippen molar-refractivity contribution in [1.29, 1.82) is 5.26 Å². The molecule has 0 aliphatic carbocycles. The van der Waals surface area contributed by atoms with Crippen molar-refractivity contribution in [1.82, 2.24) is 0 Å². The zero-order valence-corrected chi connectivity index (χ0v) is 13.0. The van der Waals surface area contributed by atoms with Crippen LogP contribution in [0.2, 0.25) is 18.1 Å². The van der Waals surface area contributed by atoms with Crippen LogP contribution in [-0.4, -0.2) is 34.9 Å². The third-order valence-electron chi connectivity index (χ3n) is 3.31. The number of methoxy groups -OCH3 is 2. The molecule has 5 heteroatoms. The number of nitrogens with zero attached hydrogens (tertiary/aromatic N) is 1. The molecule has 0 heterocycles. The lowest BCUT2D eigenvalue weighted by molar-refractivity contribution is -0.157. The van der Waals surface area contributed by atoms with Crippen LogP contribution in [0.3, 0.4) is 0 Å². The lowest BCUT2D eigenvalue weighted by Crippen LogP contribution is -2.47. The Morgan fingerprint density at radius 3 is 1.94 bits per heavy atom. The van der Waals surface area contributed by atoms with Crippen molar-refractivity contribution < 1.29 is 13.9 Å². The second-order valence-electron chi connectivity index (χ2n) is 5.62. The maximum Gasteiger partial charge on any atom is 0.192 e. The Morgan fingerprint density at radius 2 is 1.65 bits per heavy atom. The fourth-order valence-corrected chi connectivity index (χ4v) is 2.54. The van der Waals surface area contributed by atoms with Gasteiger partial charge in [0, 0.05) is 14.2 Å². The van der Waals surface area contributed by atoms with Gasteiger partial charge < -0.3 is 13.9 Å². The molecule has 0 amide bonds. The minimum absolute atomic E-state index is 0.104. The minimum Gasteiger partial charge on any atom is -0.408 e. The average Bonchev–Trinajstić information content (AvgIpc) is 2.17. The van der Waals surface area contributed by atoms with Gasteiger partial charge in [-0.25, -0.2) is 0 Å². The Bertz CT molecular complexity index is 264. The van der Waals surface area contributed by atoms with E-state index in [0.29, 0.717) is 0 Å². The minimum atomic E-state index is -1.91. The van der Waals surface area contributed by atoms with E-state index in [-0.39, 0.29) is 17.6 Å². The molecule has 0 aromatic rings. The second-order valence-corrected chi connectivity index (χ2v) is 10.4. The molecule has 1 unspecified atom stereocenters. The molecule has 100 valence electrons. The summed E-state index contributed by atoms with van der Waals surface area (Å²) < 4.78 is 16.5. The van der Waals surface area contributed by atoms with Crippen molar-refractivity contribution in [2.75, 3.05) is 14.2 Å². The molecule has 4 nitrogen and oxygen atoms in total. The molecule has 17 heavy (non-hydrogen) atoms. The number of nitriles is 1. The molecule has 0 bridgehead atoms. The Labute approximate surface area is 106 Å². The lowest BCUT2D eigenvalue weighted by atomic mass is 10.2. The van der Waals surface area contributed by atoms with Gasteiger partial charge in [-0.2, -0.15) is 5.26 Å². The van der Waals surface area contributed by atoms with Crippen LogP contribution in [0, 0.1) is 11.3 Å². The highest BCUT2D eigenvalue weighted by molar-refractivity contribution is 6.74. The summed E-state index contributed by atoms with van der Waals surface area (Å²) in [6, 6.07) is 2.13. The van der Waals surface area contributed by atoms with Crippen LogP contribution in [-0.2, 0) is 13.9 Å². The highest BCUT2D eigenvalue weighted by atomic mass is 28.4. The molecular formula is C12H25NO3Si. The van der Waals surface area contributed by atoms with Crippen LogP contribution in [0.15, 0.2) is 0 Å². The van der Waals surface area contributed by atoms with Crippen molar-refractivity contribution in [3.63, 3.8) is 0 Å². The van der Waals surface area contributed by atoms with E-state index in [1.54, 1.807) is 14.2 Å². The van der Waals surface area contributed by atoms with Crippen molar-refractivity contribution in [3.05, 3.63) is 0 Å². The summed E-state index contributed by atoms with van der Waals surface area (Å²) >= 11 is 0. The van der Waals surface area contributed by atoms with Crippen molar-refractivity contribution in [2.24, 2.45) is 0 Å². The smallest absolute Gasteiger partial charge is 0.192 e. The van der Waals surface area contributed by atoms with E-state index in [0.717, 1.165) is 0 Å². The first-order valence-corrected chi connectivity index (χ1v) is 8.70. The molecule has 0 radical (unpaired) electrons. The number of hydrogen-bond acceptors (Lipinski definition) is 4. The Balaban J connectivity index is 4.82. The van der Waals surface area contributed by atoms with Crippen LogP contribution in [0.1, 0.15) is 27.2 Å². The normalized spacial score (nSPS) is 14.8. The zero-order chi connectivity index (χ0) is 13.7. The third kappa shape index (κ3) is 4.76. The van der Waals surface area contributed by atoms with Gasteiger partial charge in [-0.15, -0.1) is 0 Å². The van der Waals surface area contributed by atoms with Crippen LogP contribution < -0.4 is 0 Å². The van der Waals surface area contributed by atoms with Crippen LogP contribution in [0.25, 0.3) is 0 Å². The molecule has 0 aliphatic rings. The fourth-order valence-electron chi connectivity index (χ4n) is 1.24. The van der Waals surface area contributed by atoms with Crippen LogP contribution in [0.5, 0.6) is 0 Å². The Kier molecular flexibility index (Phi) is 6.34. The zero-order valence-electron chi connectivity index (χ0n) is 12.0. The van der Waals surface area contributed by atoms with Crippen molar-refractivity contribution in [2.45, 2.75) is 57.7 Å². The van der Waals surface area contributed by atoms with Gasteiger partial charge in [-0.1, -0.05) is 20.8 Å². The van der Waals surface area contributed by atoms with E-state index >= 15 is 0 Å². The van der Waals surface area contributed by atoms with Gasteiger partial charge in [0.2, 0.25) is 0 Å². The van der Waals surface area contributed by atoms with Gasteiger partial charge in [0.1, 0.15) is 6.10 Å². The first-order chi connectivity index (χ1) is 7.69. The van der Waals surface area contributed by atoms with Gasteiger partial charge in [0.05, 0.1) is 12.5 Å². The molecule has 0 saturated heterocycles. The van der Waals surface area contributed by atoms with Gasteiger partial charge in [0.15, 0.2) is 14.6 Å². The van der Waals surface area contributed by atoms with Crippen molar-refractivity contribution in [3.8, 4) is 6.07 Å². The van der Waals surface area contributed by atoms with Crippen LogP contribution >= 0.6 is 0 Å². The Hall–Kier alpha value is -0.413. The number of ether oxygens (including phenoxy) is 2. The van der Waals surface area contributed by atoms with E-state index in [4.69, 9.17) is 19.2 Å². The largest absolute Gasteiger partial charge is 0.408 e. The standard InChI is InChI=1S/C12H25NO3Si/c1-12(2,3)17(6,7)16-10(8-9-13)11(14-4)15-5/h10-11H,8H2,1-7H3. The first-order valence-electron chi connectivity index (χ1n) is 5.80. The Morgan fingerprint density at radius 1 is 1.18 bits per heavy atom. The monoisotopic (exact) mass is 259 g/mol. The number of rotatable bonds is 6. The predicted octanol–water partition coefficient (Wildman–Crippen LogP) is 2.91. The summed E-state index contributed by atoms with van der Waals surface area (Å²) in [6.45, 7) is 10.8. The lowest BCUT2D eigenvalue weighted by Gasteiger charge is -2.40. The van der Waals surface area contributed by atoms with Gasteiger partial charge >= 0.3 is 0 Å². The fraction of sp³-hybridized carbons (Fsp3) is 0.917. The first kappa shape index (κ1) is 16.6. The molecule has 0 aliphatic heterocycles. The SMILES string of the molecule is COC(OC)C(CC#N)O[Si](C)(C)C(C)(C)C. The summed E-state index contributed by atoms with van der Waals surface area (Å²) in [5, 5.41) is 8.95. The van der Waals surface area contributed by atoms with E-state index < -0.39 is 14.6 Å². The molecule has 0 aromatic carbocycles. The molecule has 0 N–H and O–H groups in total. The number of hydrogen-bond donors (Lipinski definition) is 0. The highest BCUT2D eigenvalue weighted by Crippen LogP contribution is 2.38. The van der Waals surface area contributed by atoms with E-state index in [1.165, 1.54) is 0 Å². The van der Waals surface area contributed by atoms with Gasteiger partial charge in [-0.3, -0.25) is 0 Å². The summed E-state index contributed by atoms with van der Waals surface area (Å²) in [7, 11) is 1.21. The molecule has 0 aromatic heterocycles. The summed E-state index contributed by atoms with van der Waals surface area (Å²) in [4.78, 5) is 0. The molecule has 0 saturated carbocycles. The molecule has 0 rings (SSSR count). The summed E-state index contributed by atoms with van der Waals surface area (Å²) in [5.41, 5.74) is 0. The maximum absolute atomic E-state index is 8.85. The molecule has 0 fully saturated rings. The summed E-state index contributed by atoms with van der Waals surface area (Å²) in [6.07, 6.45) is -0.529. The van der Waals surface area contributed by atoms with Crippen LogP contribution in [0.4, 0.5) is 0 Å². The second kappa shape index (κ2) is 6.50. The molecule has 0 spiro atoms. The van der Waals surface area contributed by atoms with E-state index in [2.05, 4.69) is 39.9 Å².